The molecular formula is C32H38FN5O3S. The first-order chi connectivity index (χ1) is 20.2. The van der Waals surface area contributed by atoms with Crippen molar-refractivity contribution in [2.45, 2.75) is 43.4 Å². The summed E-state index contributed by atoms with van der Waals surface area (Å²) in [6.45, 7) is 8.89. The van der Waals surface area contributed by atoms with Crippen LogP contribution < -0.4 is 0 Å². The number of nitrogens with zero attached hydrogens (tertiary/aromatic N) is 5. The van der Waals surface area contributed by atoms with Crippen molar-refractivity contribution in [1.82, 2.24) is 24.1 Å². The summed E-state index contributed by atoms with van der Waals surface area (Å²) in [5.74, 6) is 0.388. The minimum absolute atomic E-state index is 0.0101. The van der Waals surface area contributed by atoms with E-state index >= 15 is 0 Å². The summed E-state index contributed by atoms with van der Waals surface area (Å²) in [5, 5.41) is 0. The highest BCUT2D eigenvalue weighted by atomic mass is 32.2. The fraction of sp³-hybridized carbons (Fsp3) is 0.469. The van der Waals surface area contributed by atoms with E-state index in [2.05, 4.69) is 39.1 Å². The monoisotopic (exact) mass is 591 g/mol. The average molecular weight is 592 g/mol. The Morgan fingerprint density at radius 3 is 2.19 bits per heavy atom. The fourth-order valence-corrected chi connectivity index (χ4v) is 8.75. The molecule has 2 atom stereocenters. The standard InChI is InChI=1S/C32H38FN5O3S/c1-23-30(24(2)35-22-34-23)31(39)37-20-25-18-36(19-26(25)21-37)14-11-32(27-7-4-3-5-8-27)12-15-38(16-13-32)42(40,41)29-10-6-9-28(33)17-29/h3-10,17,22,25-26H,11-16,18-21H2,1-2H3. The molecule has 2 unspecified atom stereocenters. The summed E-state index contributed by atoms with van der Waals surface area (Å²) in [6.07, 6.45) is 3.87. The van der Waals surface area contributed by atoms with E-state index in [1.165, 1.54) is 34.4 Å². The Bertz CT molecular complexity index is 1530. The zero-order valence-electron chi connectivity index (χ0n) is 24.2. The van der Waals surface area contributed by atoms with E-state index < -0.39 is 15.8 Å². The third-order valence-electron chi connectivity index (χ3n) is 9.70. The van der Waals surface area contributed by atoms with Crippen molar-refractivity contribution < 1.29 is 17.6 Å². The molecule has 3 fully saturated rings. The van der Waals surface area contributed by atoms with Crippen LogP contribution in [0, 0.1) is 31.5 Å². The number of sulfonamides is 1. The van der Waals surface area contributed by atoms with Crippen LogP contribution >= 0.6 is 0 Å². The Kier molecular flexibility index (Phi) is 7.89. The van der Waals surface area contributed by atoms with Gasteiger partial charge in [-0.05, 0) is 80.7 Å². The molecule has 222 valence electrons. The number of fused-ring (bicyclic) bond motifs is 1. The third-order valence-corrected chi connectivity index (χ3v) is 11.6. The fourth-order valence-electron chi connectivity index (χ4n) is 7.28. The maximum atomic E-state index is 13.8. The zero-order chi connectivity index (χ0) is 29.5. The molecule has 0 radical (unpaired) electrons. The van der Waals surface area contributed by atoms with Crippen molar-refractivity contribution in [2.75, 3.05) is 45.8 Å². The summed E-state index contributed by atoms with van der Waals surface area (Å²) < 4.78 is 41.9. The lowest BCUT2D eigenvalue weighted by atomic mass is 9.71. The predicted octanol–water partition coefficient (Wildman–Crippen LogP) is 4.05. The quantitative estimate of drug-likeness (QED) is 0.412. The molecule has 42 heavy (non-hydrogen) atoms. The molecule has 3 saturated heterocycles. The first kappa shape index (κ1) is 28.9. The highest BCUT2D eigenvalue weighted by molar-refractivity contribution is 7.89. The van der Waals surface area contributed by atoms with Crippen LogP contribution in [-0.4, -0.2) is 84.2 Å². The molecule has 2 aromatic carbocycles. The van der Waals surface area contributed by atoms with Crippen molar-refractivity contribution in [3.05, 3.63) is 89.3 Å². The van der Waals surface area contributed by atoms with Gasteiger partial charge in [0.1, 0.15) is 12.1 Å². The Morgan fingerprint density at radius 1 is 0.929 bits per heavy atom. The van der Waals surface area contributed by atoms with Gasteiger partial charge in [-0.1, -0.05) is 36.4 Å². The van der Waals surface area contributed by atoms with Crippen LogP contribution in [0.3, 0.4) is 0 Å². The van der Waals surface area contributed by atoms with Gasteiger partial charge in [0.15, 0.2) is 0 Å². The second kappa shape index (κ2) is 11.5. The van der Waals surface area contributed by atoms with Crippen molar-refractivity contribution in [2.24, 2.45) is 11.8 Å². The number of carbonyl (C=O) groups excluding carboxylic acids is 1. The Balaban J connectivity index is 1.10. The first-order valence-electron chi connectivity index (χ1n) is 14.8. The smallest absolute Gasteiger partial charge is 0.257 e. The van der Waals surface area contributed by atoms with Crippen molar-refractivity contribution in [3.8, 4) is 0 Å². The molecule has 6 rings (SSSR count). The maximum Gasteiger partial charge on any atom is 0.257 e. The van der Waals surface area contributed by atoms with Gasteiger partial charge >= 0.3 is 0 Å². The molecule has 3 aromatic rings. The van der Waals surface area contributed by atoms with E-state index in [9.17, 15) is 17.6 Å². The van der Waals surface area contributed by atoms with E-state index in [-0.39, 0.29) is 16.2 Å². The number of carbonyl (C=O) groups is 1. The minimum atomic E-state index is -3.75. The minimum Gasteiger partial charge on any atom is -0.338 e. The van der Waals surface area contributed by atoms with E-state index in [0.29, 0.717) is 43.3 Å². The molecule has 8 nitrogen and oxygen atoms in total. The number of benzene rings is 2. The predicted molar refractivity (Wildman–Crippen MR) is 158 cm³/mol. The number of piperidine rings is 1. The molecule has 0 spiro atoms. The van der Waals surface area contributed by atoms with Gasteiger partial charge in [-0.15, -0.1) is 0 Å². The molecular weight excluding hydrogens is 553 g/mol. The summed E-state index contributed by atoms with van der Waals surface area (Å²) in [4.78, 5) is 26.3. The SMILES string of the molecule is Cc1ncnc(C)c1C(=O)N1CC2CN(CCC3(c4ccccc4)CCN(S(=O)(=O)c4cccc(F)c4)CC3)CC2C1. The second-order valence-corrected chi connectivity index (χ2v) is 14.1. The van der Waals surface area contributed by atoms with Crippen LogP contribution in [0.1, 0.15) is 46.6 Å². The molecule has 0 N–H and O–H groups in total. The molecule has 3 aliphatic heterocycles. The molecule has 0 saturated carbocycles. The number of hydrogen-bond acceptors (Lipinski definition) is 6. The molecule has 0 bridgehead atoms. The van der Waals surface area contributed by atoms with Crippen LogP contribution in [0.5, 0.6) is 0 Å². The van der Waals surface area contributed by atoms with Crippen molar-refractivity contribution in [1.29, 1.82) is 0 Å². The van der Waals surface area contributed by atoms with Gasteiger partial charge in [0.05, 0.1) is 21.8 Å². The third kappa shape index (κ3) is 5.47. The number of aromatic nitrogens is 2. The molecule has 3 aliphatic rings. The summed E-state index contributed by atoms with van der Waals surface area (Å²) in [5.41, 5.74) is 3.21. The number of amides is 1. The van der Waals surface area contributed by atoms with Crippen LogP contribution in [0.15, 0.2) is 65.8 Å². The zero-order valence-corrected chi connectivity index (χ0v) is 25.1. The van der Waals surface area contributed by atoms with Gasteiger partial charge in [0, 0.05) is 39.3 Å². The molecule has 1 aromatic heterocycles. The van der Waals surface area contributed by atoms with Gasteiger partial charge in [0.2, 0.25) is 10.0 Å². The maximum absolute atomic E-state index is 13.8. The van der Waals surface area contributed by atoms with Gasteiger partial charge < -0.3 is 9.80 Å². The highest BCUT2D eigenvalue weighted by Gasteiger charge is 2.44. The van der Waals surface area contributed by atoms with Gasteiger partial charge in [-0.2, -0.15) is 4.31 Å². The molecule has 0 aliphatic carbocycles. The number of aryl methyl sites for hydroxylation is 2. The number of likely N-dealkylation sites (tertiary alicyclic amines) is 2. The van der Waals surface area contributed by atoms with E-state index in [1.807, 2.05) is 24.8 Å². The average Bonchev–Trinajstić information content (AvgIpc) is 3.56. The first-order valence-corrected chi connectivity index (χ1v) is 16.2. The Morgan fingerprint density at radius 2 is 1.57 bits per heavy atom. The van der Waals surface area contributed by atoms with Crippen LogP contribution in [0.4, 0.5) is 4.39 Å². The van der Waals surface area contributed by atoms with E-state index in [4.69, 9.17) is 0 Å². The summed E-state index contributed by atoms with van der Waals surface area (Å²) in [7, 11) is -3.75. The normalized spacial score (nSPS) is 22.8. The summed E-state index contributed by atoms with van der Waals surface area (Å²) >= 11 is 0. The Labute approximate surface area is 247 Å². The highest BCUT2D eigenvalue weighted by Crippen LogP contribution is 2.41. The molecule has 10 heteroatoms. The lowest BCUT2D eigenvalue weighted by Crippen LogP contribution is -2.46. The summed E-state index contributed by atoms with van der Waals surface area (Å²) in [6, 6.07) is 15.7. The van der Waals surface area contributed by atoms with Crippen LogP contribution in [-0.2, 0) is 15.4 Å². The van der Waals surface area contributed by atoms with Gasteiger partial charge in [-0.3, -0.25) is 4.79 Å². The van der Waals surface area contributed by atoms with Gasteiger partial charge in [0.25, 0.3) is 5.91 Å². The number of halogens is 1. The number of hydrogen-bond donors (Lipinski definition) is 0. The van der Waals surface area contributed by atoms with Crippen molar-refractivity contribution >= 4 is 15.9 Å². The Hall–Kier alpha value is -3.21. The topological polar surface area (TPSA) is 86.7 Å². The molecule has 4 heterocycles. The van der Waals surface area contributed by atoms with Gasteiger partial charge in [-0.25, -0.2) is 22.8 Å². The van der Waals surface area contributed by atoms with Crippen molar-refractivity contribution in [3.63, 3.8) is 0 Å². The van der Waals surface area contributed by atoms with Crippen LogP contribution in [0.25, 0.3) is 0 Å². The largest absolute Gasteiger partial charge is 0.338 e. The van der Waals surface area contributed by atoms with E-state index in [1.54, 1.807) is 0 Å². The lowest BCUT2D eigenvalue weighted by Gasteiger charge is -2.42. The number of rotatable bonds is 7. The second-order valence-electron chi connectivity index (χ2n) is 12.2. The lowest BCUT2D eigenvalue weighted by molar-refractivity contribution is 0.0770. The molecule has 1 amide bonds. The van der Waals surface area contributed by atoms with Crippen LogP contribution in [0.2, 0.25) is 0 Å². The van der Waals surface area contributed by atoms with E-state index in [0.717, 1.165) is 56.6 Å².